The molecule has 0 bridgehead atoms. The zero-order chi connectivity index (χ0) is 11.5. The molecule has 0 fully saturated rings. The first-order valence-corrected chi connectivity index (χ1v) is 5.14. The van der Waals surface area contributed by atoms with Crippen LogP contribution >= 0.6 is 0 Å². The van der Waals surface area contributed by atoms with Gasteiger partial charge in [-0.25, -0.2) is 4.79 Å². The number of methoxy groups -OCH3 is 2. The monoisotopic (exact) mass is 222 g/mol. The van der Waals surface area contributed by atoms with Crippen molar-refractivity contribution in [3.63, 3.8) is 0 Å². The molecule has 1 unspecified atom stereocenters. The molecule has 1 aromatic carbocycles. The number of ether oxygens (including phenoxy) is 3. The van der Waals surface area contributed by atoms with Gasteiger partial charge in [0.05, 0.1) is 25.4 Å². The smallest absolute Gasteiger partial charge is 0.337 e. The molecule has 0 amide bonds. The van der Waals surface area contributed by atoms with Crippen LogP contribution in [0.15, 0.2) is 18.2 Å². The van der Waals surface area contributed by atoms with E-state index < -0.39 is 0 Å². The van der Waals surface area contributed by atoms with E-state index in [0.717, 1.165) is 17.7 Å². The topological polar surface area (TPSA) is 44.8 Å². The molecule has 4 heteroatoms. The quantitative estimate of drug-likeness (QED) is 0.717. The van der Waals surface area contributed by atoms with E-state index in [1.807, 2.05) is 0 Å². The van der Waals surface area contributed by atoms with Crippen LogP contribution in [0.2, 0.25) is 0 Å². The van der Waals surface area contributed by atoms with E-state index >= 15 is 0 Å². The second-order valence-corrected chi connectivity index (χ2v) is 3.61. The lowest BCUT2D eigenvalue weighted by Gasteiger charge is -2.25. The molecule has 16 heavy (non-hydrogen) atoms. The van der Waals surface area contributed by atoms with E-state index in [1.165, 1.54) is 7.11 Å². The van der Waals surface area contributed by atoms with Crippen LogP contribution < -0.4 is 4.74 Å². The van der Waals surface area contributed by atoms with Gasteiger partial charge in [-0.3, -0.25) is 0 Å². The number of carbonyl (C=O) groups excluding carboxylic acids is 1. The zero-order valence-electron chi connectivity index (χ0n) is 9.36. The Morgan fingerprint density at radius 2 is 2.25 bits per heavy atom. The van der Waals surface area contributed by atoms with Gasteiger partial charge in [-0.05, 0) is 18.2 Å². The summed E-state index contributed by atoms with van der Waals surface area (Å²) in [7, 11) is 3.02. The van der Waals surface area contributed by atoms with E-state index in [0.29, 0.717) is 12.2 Å². The fourth-order valence-corrected chi connectivity index (χ4v) is 1.85. The third kappa shape index (κ3) is 1.88. The van der Waals surface area contributed by atoms with Gasteiger partial charge in [0, 0.05) is 19.1 Å². The van der Waals surface area contributed by atoms with Crippen molar-refractivity contribution in [1.82, 2.24) is 0 Å². The summed E-state index contributed by atoms with van der Waals surface area (Å²) in [6.45, 7) is 0.642. The number of fused-ring (bicyclic) bond motifs is 1. The van der Waals surface area contributed by atoms with E-state index in [1.54, 1.807) is 25.3 Å². The fraction of sp³-hybridized carbons (Fsp3) is 0.417. The molecule has 1 aliphatic rings. The highest BCUT2D eigenvalue weighted by Crippen LogP contribution is 2.34. The van der Waals surface area contributed by atoms with Gasteiger partial charge in [0.2, 0.25) is 0 Å². The SMILES string of the molecule is COC(=O)c1ccc2c(c1)C(OC)CCO2. The van der Waals surface area contributed by atoms with Crippen molar-refractivity contribution >= 4 is 5.97 Å². The maximum atomic E-state index is 11.4. The summed E-state index contributed by atoms with van der Waals surface area (Å²) in [4.78, 5) is 11.4. The first kappa shape index (κ1) is 11.0. The number of carbonyl (C=O) groups is 1. The van der Waals surface area contributed by atoms with E-state index in [-0.39, 0.29) is 12.1 Å². The standard InChI is InChI=1S/C12H14O4/c1-14-10-5-6-16-11-4-3-8(7-9(10)11)12(13)15-2/h3-4,7,10H,5-6H2,1-2H3. The van der Waals surface area contributed by atoms with Gasteiger partial charge in [-0.15, -0.1) is 0 Å². The molecule has 0 saturated carbocycles. The van der Waals surface area contributed by atoms with Crippen molar-refractivity contribution in [2.75, 3.05) is 20.8 Å². The third-order valence-corrected chi connectivity index (χ3v) is 2.70. The summed E-state index contributed by atoms with van der Waals surface area (Å²) in [6.07, 6.45) is 0.794. The van der Waals surface area contributed by atoms with Crippen LogP contribution in [0.25, 0.3) is 0 Å². The van der Waals surface area contributed by atoms with E-state index in [2.05, 4.69) is 4.74 Å². The first-order chi connectivity index (χ1) is 7.76. The van der Waals surface area contributed by atoms with Gasteiger partial charge in [-0.1, -0.05) is 0 Å². The minimum absolute atomic E-state index is 0.00615. The van der Waals surface area contributed by atoms with Gasteiger partial charge in [0.1, 0.15) is 5.75 Å². The molecule has 0 radical (unpaired) electrons. The Morgan fingerprint density at radius 1 is 1.44 bits per heavy atom. The largest absolute Gasteiger partial charge is 0.493 e. The van der Waals surface area contributed by atoms with Gasteiger partial charge in [0.15, 0.2) is 0 Å². The number of hydrogen-bond donors (Lipinski definition) is 0. The lowest BCUT2D eigenvalue weighted by molar-refractivity contribution is 0.0588. The zero-order valence-corrected chi connectivity index (χ0v) is 9.36. The summed E-state index contributed by atoms with van der Waals surface area (Å²) in [5.41, 5.74) is 1.44. The predicted molar refractivity (Wildman–Crippen MR) is 57.6 cm³/mol. The molecule has 4 nitrogen and oxygen atoms in total. The Balaban J connectivity index is 2.38. The minimum Gasteiger partial charge on any atom is -0.493 e. The van der Waals surface area contributed by atoms with E-state index in [9.17, 15) is 4.79 Å². The fourth-order valence-electron chi connectivity index (χ4n) is 1.85. The van der Waals surface area contributed by atoms with Gasteiger partial charge in [0.25, 0.3) is 0 Å². The van der Waals surface area contributed by atoms with Crippen molar-refractivity contribution in [2.24, 2.45) is 0 Å². The van der Waals surface area contributed by atoms with Crippen molar-refractivity contribution in [3.8, 4) is 5.75 Å². The Kier molecular flexibility index (Phi) is 3.10. The summed E-state index contributed by atoms with van der Waals surface area (Å²) in [6, 6.07) is 5.25. The average Bonchev–Trinajstić information content (AvgIpc) is 2.36. The van der Waals surface area contributed by atoms with Crippen LogP contribution in [-0.2, 0) is 9.47 Å². The molecule has 0 saturated heterocycles. The normalized spacial score (nSPS) is 18.5. The molecule has 0 spiro atoms. The highest BCUT2D eigenvalue weighted by atomic mass is 16.5. The molecule has 1 atom stereocenters. The molecular formula is C12H14O4. The number of rotatable bonds is 2. The maximum absolute atomic E-state index is 11.4. The van der Waals surface area contributed by atoms with Crippen molar-refractivity contribution in [3.05, 3.63) is 29.3 Å². The summed E-state index contributed by atoms with van der Waals surface area (Å²) < 4.78 is 15.5. The second kappa shape index (κ2) is 4.53. The van der Waals surface area contributed by atoms with Crippen LogP contribution in [-0.4, -0.2) is 26.8 Å². The highest BCUT2D eigenvalue weighted by Gasteiger charge is 2.22. The van der Waals surface area contributed by atoms with Crippen molar-refractivity contribution < 1.29 is 19.0 Å². The summed E-state index contributed by atoms with van der Waals surface area (Å²) >= 11 is 0. The van der Waals surface area contributed by atoms with Crippen molar-refractivity contribution in [2.45, 2.75) is 12.5 Å². The Labute approximate surface area is 94.1 Å². The van der Waals surface area contributed by atoms with Crippen LogP contribution in [0.4, 0.5) is 0 Å². The molecule has 1 heterocycles. The Morgan fingerprint density at radius 3 is 2.94 bits per heavy atom. The number of hydrogen-bond acceptors (Lipinski definition) is 4. The van der Waals surface area contributed by atoms with Crippen LogP contribution in [0.3, 0.4) is 0 Å². The van der Waals surface area contributed by atoms with Gasteiger partial charge >= 0.3 is 5.97 Å². The lowest BCUT2D eigenvalue weighted by Crippen LogP contribution is -2.16. The number of esters is 1. The predicted octanol–water partition coefficient (Wildman–Crippen LogP) is 1.94. The third-order valence-electron chi connectivity index (χ3n) is 2.70. The molecule has 1 aliphatic heterocycles. The van der Waals surface area contributed by atoms with Crippen molar-refractivity contribution in [1.29, 1.82) is 0 Å². The van der Waals surface area contributed by atoms with E-state index in [4.69, 9.17) is 9.47 Å². The molecule has 0 aromatic heterocycles. The summed E-state index contributed by atoms with van der Waals surface area (Å²) in [5.74, 6) is 0.439. The molecule has 0 N–H and O–H groups in total. The van der Waals surface area contributed by atoms with Gasteiger partial charge in [-0.2, -0.15) is 0 Å². The Bertz CT molecular complexity index is 400. The van der Waals surface area contributed by atoms with Gasteiger partial charge < -0.3 is 14.2 Å². The molecule has 0 aliphatic carbocycles. The molecule has 2 rings (SSSR count). The first-order valence-electron chi connectivity index (χ1n) is 5.14. The second-order valence-electron chi connectivity index (χ2n) is 3.61. The lowest BCUT2D eigenvalue weighted by atomic mass is 10.0. The summed E-state index contributed by atoms with van der Waals surface area (Å²) in [5, 5.41) is 0. The Hall–Kier alpha value is -1.55. The average molecular weight is 222 g/mol. The molecule has 1 aromatic rings. The number of benzene rings is 1. The van der Waals surface area contributed by atoms with Crippen LogP contribution in [0, 0.1) is 0 Å². The molecule has 86 valence electrons. The highest BCUT2D eigenvalue weighted by molar-refractivity contribution is 5.89. The van der Waals surface area contributed by atoms with Crippen LogP contribution in [0.5, 0.6) is 5.75 Å². The minimum atomic E-state index is -0.344. The molecular weight excluding hydrogens is 208 g/mol. The maximum Gasteiger partial charge on any atom is 0.337 e. The van der Waals surface area contributed by atoms with Crippen LogP contribution in [0.1, 0.15) is 28.4 Å².